The third-order valence-electron chi connectivity index (χ3n) is 7.67. The molecule has 5 aromatic rings. The number of rotatable bonds is 10. The lowest BCUT2D eigenvalue weighted by atomic mass is 9.91. The van der Waals surface area contributed by atoms with Gasteiger partial charge in [0.1, 0.15) is 0 Å². The Balaban J connectivity index is 1.53. The number of anilines is 3. The summed E-state index contributed by atoms with van der Waals surface area (Å²) in [6.07, 6.45) is 3.40. The highest BCUT2D eigenvalue weighted by Crippen LogP contribution is 2.38. The minimum Gasteiger partial charge on any atom is -0.310 e. The second-order valence-corrected chi connectivity index (χ2v) is 10.2. The SMILES string of the molecule is C=C(CC(CC)CC)c1cccc(N(c2ccc(-c3ccccc3)cc2)c2ccc(-c3ccccc3)cc2)c1. The summed E-state index contributed by atoms with van der Waals surface area (Å²) in [5, 5.41) is 0. The van der Waals surface area contributed by atoms with Gasteiger partial charge in [-0.3, -0.25) is 0 Å². The van der Waals surface area contributed by atoms with Gasteiger partial charge in [-0.05, 0) is 82.1 Å². The van der Waals surface area contributed by atoms with Gasteiger partial charge in [0.15, 0.2) is 0 Å². The molecular formula is C38H37N. The molecule has 0 amide bonds. The van der Waals surface area contributed by atoms with Gasteiger partial charge in [0.25, 0.3) is 0 Å². The van der Waals surface area contributed by atoms with Crippen LogP contribution in [0.5, 0.6) is 0 Å². The van der Waals surface area contributed by atoms with Crippen LogP contribution in [0.2, 0.25) is 0 Å². The molecule has 0 N–H and O–H groups in total. The summed E-state index contributed by atoms with van der Waals surface area (Å²) in [5.74, 6) is 0.674. The van der Waals surface area contributed by atoms with Crippen molar-refractivity contribution in [1.82, 2.24) is 0 Å². The van der Waals surface area contributed by atoms with Gasteiger partial charge in [-0.25, -0.2) is 0 Å². The van der Waals surface area contributed by atoms with Gasteiger partial charge in [0.2, 0.25) is 0 Å². The molecule has 0 atom stereocenters. The van der Waals surface area contributed by atoms with Gasteiger partial charge in [-0.2, -0.15) is 0 Å². The highest BCUT2D eigenvalue weighted by molar-refractivity contribution is 5.81. The molecule has 5 aromatic carbocycles. The topological polar surface area (TPSA) is 3.24 Å². The molecule has 194 valence electrons. The van der Waals surface area contributed by atoms with Crippen LogP contribution in [0.4, 0.5) is 17.1 Å². The van der Waals surface area contributed by atoms with E-state index in [0.717, 1.165) is 23.5 Å². The normalized spacial score (nSPS) is 10.9. The van der Waals surface area contributed by atoms with Crippen molar-refractivity contribution in [3.8, 4) is 22.3 Å². The molecule has 0 spiro atoms. The molecule has 0 unspecified atom stereocenters. The Morgan fingerprint density at radius 1 is 0.538 bits per heavy atom. The number of benzene rings is 5. The zero-order valence-electron chi connectivity index (χ0n) is 23.1. The van der Waals surface area contributed by atoms with E-state index in [4.69, 9.17) is 0 Å². The molecule has 0 saturated carbocycles. The van der Waals surface area contributed by atoms with Gasteiger partial charge < -0.3 is 4.90 Å². The van der Waals surface area contributed by atoms with Crippen molar-refractivity contribution < 1.29 is 0 Å². The van der Waals surface area contributed by atoms with Crippen molar-refractivity contribution in [2.75, 3.05) is 4.90 Å². The Labute approximate surface area is 234 Å². The minimum atomic E-state index is 0.674. The lowest BCUT2D eigenvalue weighted by Crippen LogP contribution is -2.10. The smallest absolute Gasteiger partial charge is 0.0467 e. The van der Waals surface area contributed by atoms with Gasteiger partial charge in [-0.1, -0.05) is 130 Å². The first-order valence-corrected chi connectivity index (χ1v) is 14.1. The summed E-state index contributed by atoms with van der Waals surface area (Å²) in [7, 11) is 0. The Kier molecular flexibility index (Phi) is 8.39. The van der Waals surface area contributed by atoms with Crippen LogP contribution >= 0.6 is 0 Å². The maximum atomic E-state index is 4.48. The van der Waals surface area contributed by atoms with E-state index in [1.165, 1.54) is 46.2 Å². The predicted molar refractivity (Wildman–Crippen MR) is 170 cm³/mol. The van der Waals surface area contributed by atoms with Crippen LogP contribution in [-0.2, 0) is 0 Å². The Morgan fingerprint density at radius 2 is 1.00 bits per heavy atom. The molecule has 0 saturated heterocycles. The fraction of sp³-hybridized carbons (Fsp3) is 0.158. The maximum Gasteiger partial charge on any atom is 0.0467 e. The zero-order valence-corrected chi connectivity index (χ0v) is 23.1. The number of hydrogen-bond acceptors (Lipinski definition) is 1. The van der Waals surface area contributed by atoms with Gasteiger partial charge in [0, 0.05) is 17.1 Å². The Morgan fingerprint density at radius 3 is 1.46 bits per heavy atom. The summed E-state index contributed by atoms with van der Waals surface area (Å²) in [5.41, 5.74) is 10.7. The quantitative estimate of drug-likeness (QED) is 0.182. The van der Waals surface area contributed by atoms with Crippen LogP contribution in [-0.4, -0.2) is 0 Å². The molecule has 0 aliphatic carbocycles. The monoisotopic (exact) mass is 507 g/mol. The molecule has 5 rings (SSSR count). The van der Waals surface area contributed by atoms with Gasteiger partial charge in [0.05, 0.1) is 0 Å². The van der Waals surface area contributed by atoms with Crippen LogP contribution in [0.3, 0.4) is 0 Å². The molecule has 0 aliphatic rings. The highest BCUT2D eigenvalue weighted by atomic mass is 15.1. The van der Waals surface area contributed by atoms with E-state index in [1.54, 1.807) is 0 Å². The molecule has 39 heavy (non-hydrogen) atoms. The molecule has 0 radical (unpaired) electrons. The van der Waals surface area contributed by atoms with E-state index in [1.807, 2.05) is 0 Å². The first-order valence-electron chi connectivity index (χ1n) is 14.1. The fourth-order valence-electron chi connectivity index (χ4n) is 5.22. The van der Waals surface area contributed by atoms with E-state index >= 15 is 0 Å². The standard InChI is InChI=1S/C38H37N/c1-4-30(5-2)27-29(3)35-17-12-18-38(28-35)39(36-23-19-33(20-24-36)31-13-8-6-9-14-31)37-25-21-34(22-26-37)32-15-10-7-11-16-32/h6-26,28,30H,3-5,27H2,1-2H3. The zero-order chi connectivity index (χ0) is 27.0. The highest BCUT2D eigenvalue weighted by Gasteiger charge is 2.15. The minimum absolute atomic E-state index is 0.674. The summed E-state index contributed by atoms with van der Waals surface area (Å²) < 4.78 is 0. The van der Waals surface area contributed by atoms with Crippen molar-refractivity contribution in [2.45, 2.75) is 33.1 Å². The summed E-state index contributed by atoms with van der Waals surface area (Å²) >= 11 is 0. The molecule has 1 heteroatoms. The maximum absolute atomic E-state index is 4.48. The summed E-state index contributed by atoms with van der Waals surface area (Å²) in [6.45, 7) is 9.03. The summed E-state index contributed by atoms with van der Waals surface area (Å²) in [6, 6.07) is 47.7. The average Bonchev–Trinajstić information content (AvgIpc) is 3.01. The van der Waals surface area contributed by atoms with Crippen LogP contribution in [0, 0.1) is 5.92 Å². The first-order chi connectivity index (χ1) is 19.2. The van der Waals surface area contributed by atoms with Crippen molar-refractivity contribution in [1.29, 1.82) is 0 Å². The van der Waals surface area contributed by atoms with Crippen molar-refractivity contribution in [3.05, 3.63) is 146 Å². The van der Waals surface area contributed by atoms with E-state index in [-0.39, 0.29) is 0 Å². The number of allylic oxidation sites excluding steroid dienone is 1. The molecule has 0 bridgehead atoms. The van der Waals surface area contributed by atoms with Crippen LogP contribution in [0.25, 0.3) is 27.8 Å². The third-order valence-corrected chi connectivity index (χ3v) is 7.67. The molecule has 0 heterocycles. The van der Waals surface area contributed by atoms with E-state index in [2.05, 4.69) is 159 Å². The average molecular weight is 508 g/mol. The van der Waals surface area contributed by atoms with E-state index in [0.29, 0.717) is 5.92 Å². The van der Waals surface area contributed by atoms with Crippen LogP contribution < -0.4 is 4.90 Å². The van der Waals surface area contributed by atoms with Gasteiger partial charge in [-0.15, -0.1) is 0 Å². The van der Waals surface area contributed by atoms with Gasteiger partial charge >= 0.3 is 0 Å². The second-order valence-electron chi connectivity index (χ2n) is 10.2. The largest absolute Gasteiger partial charge is 0.310 e. The molecule has 0 aliphatic heterocycles. The lowest BCUT2D eigenvalue weighted by molar-refractivity contribution is 0.506. The van der Waals surface area contributed by atoms with Crippen LogP contribution in [0.15, 0.2) is 140 Å². The molecular weight excluding hydrogens is 470 g/mol. The van der Waals surface area contributed by atoms with E-state index in [9.17, 15) is 0 Å². The fourth-order valence-corrected chi connectivity index (χ4v) is 5.22. The molecule has 0 fully saturated rings. The van der Waals surface area contributed by atoms with Crippen molar-refractivity contribution >= 4 is 22.6 Å². The van der Waals surface area contributed by atoms with Crippen molar-refractivity contribution in [2.24, 2.45) is 5.92 Å². The summed E-state index contributed by atoms with van der Waals surface area (Å²) in [4.78, 5) is 2.34. The number of nitrogens with zero attached hydrogens (tertiary/aromatic N) is 1. The Hall–Kier alpha value is -4.36. The molecule has 1 nitrogen and oxygen atoms in total. The van der Waals surface area contributed by atoms with E-state index < -0.39 is 0 Å². The van der Waals surface area contributed by atoms with Crippen molar-refractivity contribution in [3.63, 3.8) is 0 Å². The number of hydrogen-bond donors (Lipinski definition) is 0. The Bertz CT molecular complexity index is 1400. The molecule has 0 aromatic heterocycles. The lowest BCUT2D eigenvalue weighted by Gasteiger charge is -2.27. The van der Waals surface area contributed by atoms with Crippen LogP contribution in [0.1, 0.15) is 38.7 Å². The first kappa shape index (κ1) is 26.3. The second kappa shape index (κ2) is 12.5. The third kappa shape index (κ3) is 6.21. The predicted octanol–water partition coefficient (Wildman–Crippen LogP) is 11.3.